The van der Waals surface area contributed by atoms with Crippen LogP contribution in [0.5, 0.6) is 0 Å². The highest BCUT2D eigenvalue weighted by Gasteiger charge is 2.25. The topological polar surface area (TPSA) is 107 Å². The average Bonchev–Trinajstić information content (AvgIpc) is 3.23. The number of carbonyl (C=O) groups excluding carboxylic acids is 3. The van der Waals surface area contributed by atoms with E-state index in [1.165, 1.54) is 11.3 Å². The zero-order valence-electron chi connectivity index (χ0n) is 18.2. The third-order valence-corrected chi connectivity index (χ3v) is 5.29. The minimum Gasteiger partial charge on any atom is -0.461 e. The van der Waals surface area contributed by atoms with E-state index < -0.39 is 24.1 Å². The van der Waals surface area contributed by atoms with Gasteiger partial charge in [-0.15, -0.1) is 11.3 Å². The molecule has 0 aliphatic rings. The standard InChI is InChI=1S/C22H29N3O5S/c1-5-29-21(27)18-13-31-20(24-18)15(4)23-19(26)17(11-14(2)3)25-22(28)30-12-16-9-7-6-8-10-16/h6-10,13-15,17H,5,11-12H2,1-4H3,(H,23,26)(H,25,28)/t15-,17-/m0/s1. The van der Waals surface area contributed by atoms with Crippen LogP contribution in [0.4, 0.5) is 4.79 Å². The molecule has 0 spiro atoms. The Morgan fingerprint density at radius 2 is 1.77 bits per heavy atom. The molecular formula is C22H29N3O5S. The van der Waals surface area contributed by atoms with Crippen molar-refractivity contribution >= 4 is 29.3 Å². The number of hydrogen-bond acceptors (Lipinski definition) is 7. The minimum absolute atomic E-state index is 0.120. The first kappa shape index (κ1) is 24.3. The largest absolute Gasteiger partial charge is 0.461 e. The molecule has 2 aromatic rings. The second-order valence-corrected chi connectivity index (χ2v) is 8.30. The van der Waals surface area contributed by atoms with Gasteiger partial charge in [-0.1, -0.05) is 44.2 Å². The summed E-state index contributed by atoms with van der Waals surface area (Å²) >= 11 is 1.26. The molecule has 1 aromatic carbocycles. The Bertz CT molecular complexity index is 869. The maximum absolute atomic E-state index is 12.8. The molecule has 0 fully saturated rings. The van der Waals surface area contributed by atoms with Crippen molar-refractivity contribution in [3.05, 3.63) is 52.0 Å². The number of amides is 2. The van der Waals surface area contributed by atoms with Gasteiger partial charge in [0.2, 0.25) is 5.91 Å². The summed E-state index contributed by atoms with van der Waals surface area (Å²) in [6.07, 6.45) is -0.207. The lowest BCUT2D eigenvalue weighted by Gasteiger charge is -2.22. The van der Waals surface area contributed by atoms with Crippen LogP contribution in [-0.4, -0.2) is 35.6 Å². The Morgan fingerprint density at radius 1 is 1.06 bits per heavy atom. The summed E-state index contributed by atoms with van der Waals surface area (Å²) in [6, 6.07) is 8.12. The highest BCUT2D eigenvalue weighted by Crippen LogP contribution is 2.19. The molecule has 0 saturated carbocycles. The summed E-state index contributed by atoms with van der Waals surface area (Å²) in [5.41, 5.74) is 1.07. The first-order valence-corrected chi connectivity index (χ1v) is 11.1. The zero-order chi connectivity index (χ0) is 22.8. The molecule has 2 amide bonds. The van der Waals surface area contributed by atoms with E-state index in [0.29, 0.717) is 11.4 Å². The summed E-state index contributed by atoms with van der Waals surface area (Å²) < 4.78 is 10.2. The average molecular weight is 448 g/mol. The molecule has 0 radical (unpaired) electrons. The minimum atomic E-state index is -0.754. The van der Waals surface area contributed by atoms with Gasteiger partial charge in [0.15, 0.2) is 5.69 Å². The molecule has 2 atom stereocenters. The number of carbonyl (C=O) groups is 3. The second-order valence-electron chi connectivity index (χ2n) is 7.41. The van der Waals surface area contributed by atoms with E-state index >= 15 is 0 Å². The van der Waals surface area contributed by atoms with Crippen molar-refractivity contribution < 1.29 is 23.9 Å². The molecule has 9 heteroatoms. The lowest BCUT2D eigenvalue weighted by molar-refractivity contribution is -0.124. The molecule has 168 valence electrons. The van der Waals surface area contributed by atoms with E-state index in [0.717, 1.165) is 5.56 Å². The van der Waals surface area contributed by atoms with Gasteiger partial charge >= 0.3 is 12.1 Å². The summed E-state index contributed by atoms with van der Waals surface area (Å²) in [4.78, 5) is 41.1. The van der Waals surface area contributed by atoms with Crippen LogP contribution in [0, 0.1) is 5.92 Å². The van der Waals surface area contributed by atoms with Crippen LogP contribution in [0.3, 0.4) is 0 Å². The number of hydrogen-bond donors (Lipinski definition) is 2. The Hall–Kier alpha value is -2.94. The maximum atomic E-state index is 12.8. The first-order valence-electron chi connectivity index (χ1n) is 10.2. The lowest BCUT2D eigenvalue weighted by Crippen LogP contribution is -2.48. The van der Waals surface area contributed by atoms with Crippen molar-refractivity contribution in [3.8, 4) is 0 Å². The fourth-order valence-electron chi connectivity index (χ4n) is 2.77. The highest BCUT2D eigenvalue weighted by molar-refractivity contribution is 7.09. The number of ether oxygens (including phenoxy) is 2. The normalized spacial score (nSPS) is 12.7. The number of benzene rings is 1. The number of nitrogens with one attached hydrogen (secondary N) is 2. The molecule has 0 bridgehead atoms. The lowest BCUT2D eigenvalue weighted by atomic mass is 10.0. The van der Waals surface area contributed by atoms with Crippen molar-refractivity contribution in [2.24, 2.45) is 5.92 Å². The molecule has 0 unspecified atom stereocenters. The van der Waals surface area contributed by atoms with Crippen LogP contribution in [-0.2, 0) is 20.9 Å². The Morgan fingerprint density at radius 3 is 2.42 bits per heavy atom. The smallest absolute Gasteiger partial charge is 0.408 e. The Balaban J connectivity index is 1.95. The number of nitrogens with zero attached hydrogens (tertiary/aromatic N) is 1. The molecule has 8 nitrogen and oxygen atoms in total. The number of thiazole rings is 1. The molecule has 0 aliphatic heterocycles. The molecule has 1 heterocycles. The summed E-state index contributed by atoms with van der Waals surface area (Å²) in [6.45, 7) is 7.81. The molecule has 2 N–H and O–H groups in total. The first-order chi connectivity index (χ1) is 14.8. The van der Waals surface area contributed by atoms with Gasteiger partial charge in [0.25, 0.3) is 0 Å². The van der Waals surface area contributed by atoms with Crippen molar-refractivity contribution in [2.45, 2.75) is 52.8 Å². The van der Waals surface area contributed by atoms with Crippen LogP contribution in [0.25, 0.3) is 0 Å². The van der Waals surface area contributed by atoms with Crippen molar-refractivity contribution in [1.82, 2.24) is 15.6 Å². The third-order valence-electron chi connectivity index (χ3n) is 4.26. The van der Waals surface area contributed by atoms with E-state index in [-0.39, 0.29) is 30.7 Å². The van der Waals surface area contributed by atoms with Crippen LogP contribution in [0.2, 0.25) is 0 Å². The number of esters is 1. The van der Waals surface area contributed by atoms with Crippen LogP contribution in [0.15, 0.2) is 35.7 Å². The van der Waals surface area contributed by atoms with E-state index in [9.17, 15) is 14.4 Å². The molecule has 2 rings (SSSR count). The fourth-order valence-corrected chi connectivity index (χ4v) is 3.57. The van der Waals surface area contributed by atoms with Crippen molar-refractivity contribution in [1.29, 1.82) is 0 Å². The van der Waals surface area contributed by atoms with Crippen LogP contribution >= 0.6 is 11.3 Å². The number of rotatable bonds is 10. The predicted octanol–water partition coefficient (Wildman–Crippen LogP) is 3.84. The van der Waals surface area contributed by atoms with E-state index in [1.54, 1.807) is 19.2 Å². The summed E-state index contributed by atoms with van der Waals surface area (Å²) in [5.74, 6) is -0.662. The molecular weight excluding hydrogens is 418 g/mol. The third kappa shape index (κ3) is 8.01. The monoisotopic (exact) mass is 447 g/mol. The molecule has 0 saturated heterocycles. The highest BCUT2D eigenvalue weighted by atomic mass is 32.1. The van der Waals surface area contributed by atoms with Gasteiger partial charge in [0.1, 0.15) is 17.7 Å². The maximum Gasteiger partial charge on any atom is 0.408 e. The van der Waals surface area contributed by atoms with Crippen LogP contribution in [0.1, 0.15) is 61.2 Å². The summed E-state index contributed by atoms with van der Waals surface area (Å²) in [7, 11) is 0. The van der Waals surface area contributed by atoms with Crippen molar-refractivity contribution in [3.63, 3.8) is 0 Å². The Kier molecular flexibility index (Phi) is 9.45. The van der Waals surface area contributed by atoms with E-state index in [1.807, 2.05) is 44.2 Å². The quantitative estimate of drug-likeness (QED) is 0.536. The van der Waals surface area contributed by atoms with Gasteiger partial charge in [-0.3, -0.25) is 4.79 Å². The van der Waals surface area contributed by atoms with Gasteiger partial charge in [0, 0.05) is 5.38 Å². The van der Waals surface area contributed by atoms with Gasteiger partial charge in [-0.05, 0) is 31.7 Å². The molecule has 1 aromatic heterocycles. The summed E-state index contributed by atoms with van der Waals surface area (Å²) in [5, 5.41) is 7.68. The predicted molar refractivity (Wildman–Crippen MR) is 118 cm³/mol. The van der Waals surface area contributed by atoms with E-state index in [4.69, 9.17) is 9.47 Å². The fraction of sp³-hybridized carbons (Fsp3) is 0.455. The zero-order valence-corrected chi connectivity index (χ0v) is 19.0. The molecule has 0 aliphatic carbocycles. The number of aromatic nitrogens is 1. The van der Waals surface area contributed by atoms with Crippen LogP contribution < -0.4 is 10.6 Å². The Labute approximate surface area is 186 Å². The van der Waals surface area contributed by atoms with Gasteiger partial charge < -0.3 is 20.1 Å². The van der Waals surface area contributed by atoms with Crippen molar-refractivity contribution in [2.75, 3.05) is 6.61 Å². The van der Waals surface area contributed by atoms with Gasteiger partial charge in [-0.2, -0.15) is 0 Å². The number of alkyl carbamates (subject to hydrolysis) is 1. The van der Waals surface area contributed by atoms with Gasteiger partial charge in [0.05, 0.1) is 12.6 Å². The SMILES string of the molecule is CCOC(=O)c1csc([C@H](C)NC(=O)[C@H](CC(C)C)NC(=O)OCc2ccccc2)n1. The van der Waals surface area contributed by atoms with E-state index in [2.05, 4.69) is 15.6 Å². The second kappa shape index (κ2) is 12.0. The molecule has 31 heavy (non-hydrogen) atoms. The van der Waals surface area contributed by atoms with Gasteiger partial charge in [-0.25, -0.2) is 14.6 Å².